The third kappa shape index (κ3) is 6.19. The van der Waals surface area contributed by atoms with E-state index in [-0.39, 0.29) is 47.4 Å². The Morgan fingerprint density at radius 2 is 1.75 bits per heavy atom. The monoisotopic (exact) mass is 660 g/mol. The second-order valence-corrected chi connectivity index (χ2v) is 12.0. The van der Waals surface area contributed by atoms with Gasteiger partial charge in [0, 0.05) is 62.3 Å². The predicted molar refractivity (Wildman–Crippen MR) is 174 cm³/mol. The van der Waals surface area contributed by atoms with E-state index in [0.29, 0.717) is 30.1 Å². The van der Waals surface area contributed by atoms with Gasteiger partial charge in [0.25, 0.3) is 17.7 Å². The lowest BCUT2D eigenvalue weighted by molar-refractivity contribution is -0.141. The van der Waals surface area contributed by atoms with E-state index in [0.717, 1.165) is 23.2 Å². The lowest BCUT2D eigenvalue weighted by Gasteiger charge is -2.29. The van der Waals surface area contributed by atoms with Gasteiger partial charge in [-0.25, -0.2) is 4.68 Å². The SMILES string of the molecule is COc1ccc(-n2nc(C(F)(F)F)c3c2C(=O)N(c2ccc(C(=O)N(C)C)cc2)CC3)c(C(=O)N2CCC[C@H]2CNc2ccccc2)c1. The van der Waals surface area contributed by atoms with Gasteiger partial charge in [0.05, 0.1) is 18.4 Å². The summed E-state index contributed by atoms with van der Waals surface area (Å²) >= 11 is 0. The molecule has 10 nitrogen and oxygen atoms in total. The molecule has 0 aliphatic carbocycles. The first-order chi connectivity index (χ1) is 23.0. The molecule has 2 aliphatic heterocycles. The van der Waals surface area contributed by atoms with Crippen LogP contribution in [0.25, 0.3) is 5.69 Å². The summed E-state index contributed by atoms with van der Waals surface area (Å²) in [6, 6.07) is 20.2. The molecule has 3 aromatic carbocycles. The van der Waals surface area contributed by atoms with Gasteiger partial charge in [-0.15, -0.1) is 0 Å². The quantitative estimate of drug-likeness (QED) is 0.267. The van der Waals surface area contributed by atoms with Crippen LogP contribution in [0.4, 0.5) is 24.5 Å². The molecular formula is C35H35F3N6O4. The van der Waals surface area contributed by atoms with Crippen molar-refractivity contribution in [3.63, 3.8) is 0 Å². The number of para-hydroxylation sites is 1. The van der Waals surface area contributed by atoms with Crippen LogP contribution in [0.15, 0.2) is 72.8 Å². The van der Waals surface area contributed by atoms with Crippen molar-refractivity contribution < 1.29 is 32.3 Å². The second kappa shape index (κ2) is 13.1. The van der Waals surface area contributed by atoms with Crippen molar-refractivity contribution in [2.45, 2.75) is 31.5 Å². The summed E-state index contributed by atoms with van der Waals surface area (Å²) < 4.78 is 49.6. The maximum atomic E-state index is 14.4. The number of alkyl halides is 3. The van der Waals surface area contributed by atoms with Gasteiger partial charge in [-0.2, -0.15) is 18.3 Å². The summed E-state index contributed by atoms with van der Waals surface area (Å²) in [5.41, 5.74) is 0.153. The van der Waals surface area contributed by atoms with Crippen molar-refractivity contribution in [3.05, 3.63) is 101 Å². The van der Waals surface area contributed by atoms with Crippen molar-refractivity contribution >= 4 is 29.1 Å². The van der Waals surface area contributed by atoms with E-state index in [1.807, 2.05) is 30.3 Å². The number of hydrogen-bond donors (Lipinski definition) is 1. The summed E-state index contributed by atoms with van der Waals surface area (Å²) in [5.74, 6) is -1.00. The van der Waals surface area contributed by atoms with Gasteiger partial charge in [0.2, 0.25) is 0 Å². The van der Waals surface area contributed by atoms with Gasteiger partial charge in [-0.3, -0.25) is 14.4 Å². The van der Waals surface area contributed by atoms with E-state index in [9.17, 15) is 27.6 Å². The maximum Gasteiger partial charge on any atom is 0.435 e. The topological polar surface area (TPSA) is 100 Å². The summed E-state index contributed by atoms with van der Waals surface area (Å²) in [6.45, 7) is 0.914. The minimum absolute atomic E-state index is 0.0279. The number of rotatable bonds is 8. The van der Waals surface area contributed by atoms with E-state index >= 15 is 0 Å². The van der Waals surface area contributed by atoms with Crippen LogP contribution in [0.1, 0.15) is 55.3 Å². The number of methoxy groups -OCH3 is 1. The number of nitrogens with one attached hydrogen (secondary N) is 1. The molecule has 0 saturated carbocycles. The molecule has 3 heterocycles. The number of aromatic nitrogens is 2. The molecule has 1 fully saturated rings. The molecule has 1 N–H and O–H groups in total. The summed E-state index contributed by atoms with van der Waals surface area (Å²) in [5, 5.41) is 7.32. The fraction of sp³-hybridized carbons (Fsp3) is 0.314. The molecule has 1 saturated heterocycles. The van der Waals surface area contributed by atoms with E-state index in [1.54, 1.807) is 43.3 Å². The van der Waals surface area contributed by atoms with Crippen LogP contribution in [0.3, 0.4) is 0 Å². The average molecular weight is 661 g/mol. The fourth-order valence-electron chi connectivity index (χ4n) is 6.31. The van der Waals surface area contributed by atoms with Crippen molar-refractivity contribution in [1.82, 2.24) is 19.6 Å². The normalized spacial score (nSPS) is 16.1. The number of nitrogens with zero attached hydrogens (tertiary/aromatic N) is 5. The number of hydrogen-bond acceptors (Lipinski definition) is 6. The lowest BCUT2D eigenvalue weighted by atomic mass is 10.0. The summed E-state index contributed by atoms with van der Waals surface area (Å²) in [7, 11) is 4.67. The van der Waals surface area contributed by atoms with Crippen LogP contribution in [0.5, 0.6) is 5.75 Å². The Balaban J connectivity index is 1.39. The maximum absolute atomic E-state index is 14.4. The number of anilines is 2. The number of fused-ring (bicyclic) bond motifs is 1. The van der Waals surface area contributed by atoms with Gasteiger partial charge in [-0.05, 0) is 73.9 Å². The predicted octanol–water partition coefficient (Wildman–Crippen LogP) is 5.52. The number of likely N-dealkylation sites (tertiary alicyclic amines) is 1. The molecule has 0 unspecified atom stereocenters. The largest absolute Gasteiger partial charge is 0.497 e. The third-order valence-electron chi connectivity index (χ3n) is 8.73. The standard InChI is InChI=1S/C35H35F3N6O4/c1-41(2)32(45)22-11-13-24(14-12-22)43-19-17-27-30(34(43)47)44(40-31(27)35(36,37)38)29-16-15-26(48-3)20-28(29)33(46)42-18-7-10-25(42)21-39-23-8-5-4-6-9-23/h4-6,8-9,11-16,20,25,39H,7,10,17-19,21H2,1-3H3/t25-/m0/s1. The van der Waals surface area contributed by atoms with Crippen LogP contribution in [0, 0.1) is 0 Å². The molecule has 1 aromatic heterocycles. The van der Waals surface area contributed by atoms with Gasteiger partial charge < -0.3 is 24.8 Å². The highest BCUT2D eigenvalue weighted by Crippen LogP contribution is 2.38. The number of halogens is 3. The molecule has 250 valence electrons. The van der Waals surface area contributed by atoms with Crippen LogP contribution >= 0.6 is 0 Å². The molecule has 48 heavy (non-hydrogen) atoms. The Morgan fingerprint density at radius 1 is 1.02 bits per heavy atom. The first-order valence-corrected chi connectivity index (χ1v) is 15.6. The molecule has 0 bridgehead atoms. The Morgan fingerprint density at radius 3 is 2.42 bits per heavy atom. The minimum atomic E-state index is -4.84. The Kier molecular flexibility index (Phi) is 8.87. The molecule has 3 amide bonds. The first-order valence-electron chi connectivity index (χ1n) is 15.6. The highest BCUT2D eigenvalue weighted by atomic mass is 19.4. The molecule has 6 rings (SSSR count). The molecular weight excluding hydrogens is 625 g/mol. The molecule has 1 atom stereocenters. The van der Waals surface area contributed by atoms with E-state index < -0.39 is 23.7 Å². The number of ether oxygens (including phenoxy) is 1. The summed E-state index contributed by atoms with van der Waals surface area (Å²) in [6.07, 6.45) is -3.46. The van der Waals surface area contributed by atoms with E-state index in [4.69, 9.17) is 4.74 Å². The number of amides is 3. The van der Waals surface area contributed by atoms with Crippen molar-refractivity contribution in [2.24, 2.45) is 0 Å². The van der Waals surface area contributed by atoms with Gasteiger partial charge in [-0.1, -0.05) is 18.2 Å². The van der Waals surface area contributed by atoms with Gasteiger partial charge in [0.15, 0.2) is 5.69 Å². The molecule has 4 aromatic rings. The van der Waals surface area contributed by atoms with Crippen molar-refractivity contribution in [3.8, 4) is 11.4 Å². The Labute approximate surface area is 275 Å². The van der Waals surface area contributed by atoms with Crippen molar-refractivity contribution in [1.29, 1.82) is 0 Å². The first kappa shape index (κ1) is 32.6. The third-order valence-corrected chi connectivity index (χ3v) is 8.73. The van der Waals surface area contributed by atoms with Gasteiger partial charge in [0.1, 0.15) is 11.4 Å². The Bertz CT molecular complexity index is 1840. The minimum Gasteiger partial charge on any atom is -0.497 e. The highest BCUT2D eigenvalue weighted by Gasteiger charge is 2.44. The average Bonchev–Trinajstić information content (AvgIpc) is 3.73. The van der Waals surface area contributed by atoms with Crippen LogP contribution in [0.2, 0.25) is 0 Å². The smallest absolute Gasteiger partial charge is 0.435 e. The second-order valence-electron chi connectivity index (χ2n) is 12.0. The number of benzene rings is 3. The van der Waals surface area contributed by atoms with E-state index in [2.05, 4.69) is 10.4 Å². The fourth-order valence-corrected chi connectivity index (χ4v) is 6.31. The van der Waals surface area contributed by atoms with E-state index in [1.165, 1.54) is 35.1 Å². The zero-order valence-corrected chi connectivity index (χ0v) is 26.8. The molecule has 0 spiro atoms. The highest BCUT2D eigenvalue weighted by molar-refractivity contribution is 6.08. The molecule has 0 radical (unpaired) electrons. The van der Waals surface area contributed by atoms with Crippen LogP contribution in [-0.2, 0) is 12.6 Å². The molecule has 2 aliphatic rings. The van der Waals surface area contributed by atoms with Crippen LogP contribution in [-0.4, -0.2) is 84.2 Å². The zero-order chi connectivity index (χ0) is 34.2. The number of carbonyl (C=O) groups is 3. The summed E-state index contributed by atoms with van der Waals surface area (Å²) in [4.78, 5) is 45.2. The zero-order valence-electron chi connectivity index (χ0n) is 26.8. The number of carbonyl (C=O) groups excluding carboxylic acids is 3. The van der Waals surface area contributed by atoms with Gasteiger partial charge >= 0.3 is 6.18 Å². The lowest BCUT2D eigenvalue weighted by Crippen LogP contribution is -2.40. The van der Waals surface area contributed by atoms with Crippen molar-refractivity contribution in [2.75, 3.05) is 51.1 Å². The van der Waals surface area contributed by atoms with Crippen LogP contribution < -0.4 is 15.0 Å². The Hall–Kier alpha value is -5.33. The molecule has 13 heteroatoms.